The van der Waals surface area contributed by atoms with Crippen LogP contribution in [0.3, 0.4) is 0 Å². The van der Waals surface area contributed by atoms with E-state index in [0.717, 1.165) is 33.6 Å². The normalized spacial score (nSPS) is 13.3. The van der Waals surface area contributed by atoms with Gasteiger partial charge in [0.05, 0.1) is 13.7 Å². The number of nitrogens with two attached hydrogens (primary N) is 2. The third kappa shape index (κ3) is 7.76. The van der Waals surface area contributed by atoms with Gasteiger partial charge in [0.2, 0.25) is 0 Å². The van der Waals surface area contributed by atoms with Crippen molar-refractivity contribution >= 4 is 11.9 Å². The van der Waals surface area contributed by atoms with Crippen LogP contribution in [0.4, 0.5) is 0 Å². The molecule has 0 aromatic heterocycles. The third-order valence-electron chi connectivity index (χ3n) is 5.84. The Hall–Kier alpha value is -3.10. The van der Waals surface area contributed by atoms with Gasteiger partial charge in [-0.05, 0) is 67.5 Å². The fourth-order valence-corrected chi connectivity index (χ4v) is 3.57. The number of carbonyl (C=O) groups is 1. The summed E-state index contributed by atoms with van der Waals surface area (Å²) in [4.78, 5) is 16.6. The maximum Gasteiger partial charge on any atom is 0.250 e. The fourth-order valence-electron chi connectivity index (χ4n) is 3.57. The molecule has 2 aromatic rings. The lowest BCUT2D eigenvalue weighted by Crippen LogP contribution is -2.46. The number of benzene rings is 2. The number of hydrogen-bond acceptors (Lipinski definition) is 5. The molecule has 180 valence electrons. The smallest absolute Gasteiger partial charge is 0.250 e. The van der Waals surface area contributed by atoms with Gasteiger partial charge in [-0.1, -0.05) is 30.3 Å². The second-order valence-corrected chi connectivity index (χ2v) is 8.21. The Labute approximate surface area is 196 Å². The molecule has 0 heterocycles. The predicted octanol–water partition coefficient (Wildman–Crippen LogP) is 1.81. The number of methoxy groups -OCH3 is 1. The van der Waals surface area contributed by atoms with E-state index in [9.17, 15) is 9.90 Å². The maximum absolute atomic E-state index is 12.1. The van der Waals surface area contributed by atoms with Crippen LogP contribution >= 0.6 is 0 Å². The first kappa shape index (κ1) is 26.2. The molecule has 7 N–H and O–H groups in total. The highest BCUT2D eigenvalue weighted by Crippen LogP contribution is 2.27. The Balaban J connectivity index is 1.74. The summed E-state index contributed by atoms with van der Waals surface area (Å²) in [5.41, 5.74) is 17.4. The van der Waals surface area contributed by atoms with Crippen LogP contribution in [0, 0.1) is 20.8 Å². The van der Waals surface area contributed by atoms with E-state index in [1.165, 1.54) is 0 Å². The quantitative estimate of drug-likeness (QED) is 0.199. The SMILES string of the molecule is COc1cc(C)c(CN=C(N)NCCC[C@H](N)C(O)C(=O)NCc2ccccc2)c(C)c1C. The van der Waals surface area contributed by atoms with Gasteiger partial charge in [0.15, 0.2) is 5.96 Å². The van der Waals surface area contributed by atoms with E-state index in [1.54, 1.807) is 7.11 Å². The highest BCUT2D eigenvalue weighted by Gasteiger charge is 2.22. The number of aryl methyl sites for hydroxylation is 1. The van der Waals surface area contributed by atoms with Gasteiger partial charge in [-0.3, -0.25) is 4.79 Å². The molecule has 2 rings (SSSR count). The summed E-state index contributed by atoms with van der Waals surface area (Å²) in [6.45, 7) is 7.49. The third-order valence-corrected chi connectivity index (χ3v) is 5.84. The van der Waals surface area contributed by atoms with E-state index in [1.807, 2.05) is 50.2 Å². The van der Waals surface area contributed by atoms with Crippen molar-refractivity contribution in [3.63, 3.8) is 0 Å². The van der Waals surface area contributed by atoms with Gasteiger partial charge in [-0.2, -0.15) is 0 Å². The number of hydrogen-bond donors (Lipinski definition) is 5. The zero-order valence-electron chi connectivity index (χ0n) is 20.0. The van der Waals surface area contributed by atoms with E-state index < -0.39 is 18.1 Å². The van der Waals surface area contributed by atoms with Crippen LogP contribution < -0.4 is 26.8 Å². The predicted molar refractivity (Wildman–Crippen MR) is 132 cm³/mol. The van der Waals surface area contributed by atoms with Crippen LogP contribution in [0.2, 0.25) is 0 Å². The molecule has 0 aliphatic carbocycles. The molecule has 33 heavy (non-hydrogen) atoms. The zero-order chi connectivity index (χ0) is 24.4. The second kappa shape index (κ2) is 12.8. The van der Waals surface area contributed by atoms with Crippen LogP contribution in [0.25, 0.3) is 0 Å². The summed E-state index contributed by atoms with van der Waals surface area (Å²) in [5, 5.41) is 16.0. The number of nitrogens with one attached hydrogen (secondary N) is 2. The molecule has 0 aliphatic heterocycles. The molecule has 0 fully saturated rings. The summed E-state index contributed by atoms with van der Waals surface area (Å²) >= 11 is 0. The van der Waals surface area contributed by atoms with Crippen molar-refractivity contribution in [2.75, 3.05) is 13.7 Å². The largest absolute Gasteiger partial charge is 0.496 e. The topological polar surface area (TPSA) is 135 Å². The molecular weight excluding hydrogens is 418 g/mol. The van der Waals surface area contributed by atoms with Crippen LogP contribution in [-0.2, 0) is 17.9 Å². The van der Waals surface area contributed by atoms with Gasteiger partial charge in [0, 0.05) is 19.1 Å². The molecule has 2 aromatic carbocycles. The molecular formula is C25H37N5O3. The van der Waals surface area contributed by atoms with Gasteiger partial charge in [-0.15, -0.1) is 0 Å². The van der Waals surface area contributed by atoms with Crippen LogP contribution in [0.15, 0.2) is 41.4 Å². The number of guanidine groups is 1. The number of amides is 1. The molecule has 1 amide bonds. The number of aliphatic imine (C=N–C) groups is 1. The van der Waals surface area contributed by atoms with Gasteiger partial charge in [0.25, 0.3) is 5.91 Å². The first-order valence-electron chi connectivity index (χ1n) is 11.2. The van der Waals surface area contributed by atoms with E-state index in [2.05, 4.69) is 22.5 Å². The average molecular weight is 456 g/mol. The first-order chi connectivity index (χ1) is 15.7. The van der Waals surface area contributed by atoms with Crippen molar-refractivity contribution < 1.29 is 14.6 Å². The van der Waals surface area contributed by atoms with Crippen molar-refractivity contribution in [3.8, 4) is 5.75 Å². The molecule has 0 saturated heterocycles. The van der Waals surface area contributed by atoms with Crippen LogP contribution in [0.1, 0.15) is 40.7 Å². The van der Waals surface area contributed by atoms with Gasteiger partial charge in [0.1, 0.15) is 11.9 Å². The molecule has 2 atom stereocenters. The number of ether oxygens (including phenoxy) is 1. The summed E-state index contributed by atoms with van der Waals surface area (Å²) < 4.78 is 5.41. The Morgan fingerprint density at radius 1 is 1.15 bits per heavy atom. The summed E-state index contributed by atoms with van der Waals surface area (Å²) in [5.74, 6) is 0.744. The summed E-state index contributed by atoms with van der Waals surface area (Å²) in [6.07, 6.45) is -0.153. The van der Waals surface area contributed by atoms with Crippen LogP contribution in [0.5, 0.6) is 5.75 Å². The van der Waals surface area contributed by atoms with E-state index in [4.69, 9.17) is 16.2 Å². The summed E-state index contributed by atoms with van der Waals surface area (Å²) in [6, 6.07) is 10.9. The first-order valence-corrected chi connectivity index (χ1v) is 11.2. The Bertz CT molecular complexity index is 947. The standard InChI is InChI=1S/C25H37N5O3/c1-16-13-22(33-4)18(3)17(2)20(16)15-30-25(27)28-12-8-11-21(26)23(31)24(32)29-14-19-9-6-5-7-10-19/h5-7,9-10,13,21,23,31H,8,11-12,14-15,26H2,1-4H3,(H,29,32)(H3,27,28,30)/t21-,23?/m0/s1. The molecule has 0 radical (unpaired) electrons. The number of nitrogens with zero attached hydrogens (tertiary/aromatic N) is 1. The number of rotatable bonds is 11. The second-order valence-electron chi connectivity index (χ2n) is 8.21. The molecule has 0 bridgehead atoms. The minimum Gasteiger partial charge on any atom is -0.496 e. The molecule has 0 aliphatic rings. The highest BCUT2D eigenvalue weighted by atomic mass is 16.5. The van der Waals surface area contributed by atoms with Crippen molar-refractivity contribution in [1.29, 1.82) is 0 Å². The molecule has 8 heteroatoms. The zero-order valence-corrected chi connectivity index (χ0v) is 20.0. The van der Waals surface area contributed by atoms with Crippen molar-refractivity contribution in [1.82, 2.24) is 10.6 Å². The summed E-state index contributed by atoms with van der Waals surface area (Å²) in [7, 11) is 1.67. The van der Waals surface area contributed by atoms with Gasteiger partial charge >= 0.3 is 0 Å². The lowest BCUT2D eigenvalue weighted by Gasteiger charge is -2.18. The average Bonchev–Trinajstić information content (AvgIpc) is 2.82. The van der Waals surface area contributed by atoms with Crippen molar-refractivity contribution in [3.05, 3.63) is 64.2 Å². The maximum atomic E-state index is 12.1. The number of aliphatic hydroxyl groups is 1. The molecule has 0 spiro atoms. The Morgan fingerprint density at radius 2 is 1.85 bits per heavy atom. The lowest BCUT2D eigenvalue weighted by molar-refractivity contribution is -0.130. The van der Waals surface area contributed by atoms with E-state index in [0.29, 0.717) is 38.4 Å². The molecule has 1 unspecified atom stereocenters. The molecule has 0 saturated carbocycles. The van der Waals surface area contributed by atoms with E-state index in [-0.39, 0.29) is 0 Å². The Kier molecular flexibility index (Phi) is 10.2. The minimum atomic E-state index is -1.26. The van der Waals surface area contributed by atoms with Gasteiger partial charge in [-0.25, -0.2) is 4.99 Å². The fraction of sp³-hybridized carbons (Fsp3) is 0.440. The minimum absolute atomic E-state index is 0.344. The monoisotopic (exact) mass is 455 g/mol. The van der Waals surface area contributed by atoms with Crippen molar-refractivity contribution in [2.24, 2.45) is 16.5 Å². The van der Waals surface area contributed by atoms with Crippen LogP contribution in [-0.4, -0.2) is 42.8 Å². The lowest BCUT2D eigenvalue weighted by atomic mass is 9.97. The highest BCUT2D eigenvalue weighted by molar-refractivity contribution is 5.81. The molecule has 8 nitrogen and oxygen atoms in total. The van der Waals surface area contributed by atoms with Crippen molar-refractivity contribution in [2.45, 2.75) is 58.8 Å². The van der Waals surface area contributed by atoms with E-state index >= 15 is 0 Å². The van der Waals surface area contributed by atoms with Gasteiger partial charge < -0.3 is 31.9 Å². The Morgan fingerprint density at radius 3 is 2.52 bits per heavy atom. The number of aliphatic hydroxyl groups excluding tert-OH is 1. The number of carbonyl (C=O) groups excluding carboxylic acids is 1.